The number of hydrogen-bond donors (Lipinski definition) is 3. The van der Waals surface area contributed by atoms with Gasteiger partial charge < -0.3 is 29.3 Å². The van der Waals surface area contributed by atoms with Crippen molar-refractivity contribution in [1.82, 2.24) is 0 Å². The van der Waals surface area contributed by atoms with Gasteiger partial charge >= 0.3 is 0 Å². The third-order valence-corrected chi connectivity index (χ3v) is 5.32. The smallest absolute Gasteiger partial charge is 0.279 e. The lowest BCUT2D eigenvalue weighted by Gasteiger charge is -2.29. The minimum Gasteiger partial charge on any atom is -0.497 e. The summed E-state index contributed by atoms with van der Waals surface area (Å²) < 4.78 is 16.0. The molecule has 2 aromatic rings. The van der Waals surface area contributed by atoms with Crippen molar-refractivity contribution in [2.45, 2.75) is 6.54 Å². The van der Waals surface area contributed by atoms with Crippen molar-refractivity contribution >= 4 is 11.6 Å². The molecule has 1 saturated heterocycles. The highest BCUT2D eigenvalue weighted by Crippen LogP contribution is 2.34. The molecule has 0 unspecified atom stereocenters. The van der Waals surface area contributed by atoms with Gasteiger partial charge in [0.25, 0.3) is 5.91 Å². The number of benzene rings is 2. The van der Waals surface area contributed by atoms with Gasteiger partial charge in [-0.2, -0.15) is 0 Å². The average Bonchev–Trinajstić information content (AvgIpc) is 3.17. The zero-order valence-corrected chi connectivity index (χ0v) is 16.1. The molecular weight excluding hydrogens is 358 g/mol. The van der Waals surface area contributed by atoms with E-state index >= 15 is 0 Å². The predicted octanol–water partition coefficient (Wildman–Crippen LogP) is -0.654. The molecule has 0 atom stereocenters. The van der Waals surface area contributed by atoms with Crippen LogP contribution in [0.5, 0.6) is 17.2 Å². The average molecular weight is 385 g/mol. The Kier molecular flexibility index (Phi) is 5.64. The van der Waals surface area contributed by atoms with E-state index in [1.165, 1.54) is 10.5 Å². The summed E-state index contributed by atoms with van der Waals surface area (Å²) >= 11 is 0. The molecule has 7 nitrogen and oxygen atoms in total. The Morgan fingerprint density at radius 1 is 1.04 bits per heavy atom. The number of piperazine rings is 1. The number of fused-ring (bicyclic) bond motifs is 1. The second kappa shape index (κ2) is 8.50. The first-order chi connectivity index (χ1) is 13.7. The molecule has 2 aliphatic rings. The molecule has 7 heteroatoms. The van der Waals surface area contributed by atoms with Gasteiger partial charge in [0.15, 0.2) is 18.0 Å². The van der Waals surface area contributed by atoms with E-state index in [4.69, 9.17) is 14.2 Å². The van der Waals surface area contributed by atoms with E-state index in [0.717, 1.165) is 49.9 Å². The number of carbonyl (C=O) groups excluding carboxylic acids is 1. The van der Waals surface area contributed by atoms with Crippen molar-refractivity contribution in [3.05, 3.63) is 48.0 Å². The number of rotatable bonds is 6. The third kappa shape index (κ3) is 4.55. The lowest BCUT2D eigenvalue weighted by atomic mass is 10.2. The molecule has 0 bridgehead atoms. The summed E-state index contributed by atoms with van der Waals surface area (Å²) in [7, 11) is 1.70. The zero-order valence-electron chi connectivity index (χ0n) is 16.1. The van der Waals surface area contributed by atoms with E-state index in [1.54, 1.807) is 12.0 Å². The normalized spacial score (nSPS) is 20.6. The first-order valence-corrected chi connectivity index (χ1v) is 9.69. The van der Waals surface area contributed by atoms with E-state index < -0.39 is 0 Å². The zero-order chi connectivity index (χ0) is 19.3. The largest absolute Gasteiger partial charge is 0.497 e. The van der Waals surface area contributed by atoms with E-state index in [9.17, 15) is 4.79 Å². The Bertz CT molecular complexity index is 834. The molecule has 2 heterocycles. The number of carbonyl (C=O) groups is 1. The molecule has 2 aliphatic heterocycles. The molecule has 0 aromatic heterocycles. The van der Waals surface area contributed by atoms with Gasteiger partial charge in [0, 0.05) is 17.3 Å². The molecule has 1 amide bonds. The molecule has 0 radical (unpaired) electrons. The highest BCUT2D eigenvalue weighted by molar-refractivity contribution is 5.91. The molecule has 3 N–H and O–H groups in total. The summed E-state index contributed by atoms with van der Waals surface area (Å²) in [5.74, 6) is 2.34. The molecule has 1 fully saturated rings. The van der Waals surface area contributed by atoms with Crippen molar-refractivity contribution < 1.29 is 28.8 Å². The summed E-state index contributed by atoms with van der Waals surface area (Å²) in [6.07, 6.45) is 0. The first-order valence-electron chi connectivity index (χ1n) is 9.69. The number of amides is 1. The maximum atomic E-state index is 12.4. The van der Waals surface area contributed by atoms with E-state index in [2.05, 4.69) is 17.4 Å². The van der Waals surface area contributed by atoms with Gasteiger partial charge in [-0.05, 0) is 24.3 Å². The minimum atomic E-state index is 0.0325. The minimum absolute atomic E-state index is 0.0325. The van der Waals surface area contributed by atoms with E-state index in [0.29, 0.717) is 12.3 Å². The summed E-state index contributed by atoms with van der Waals surface area (Å²) in [5.41, 5.74) is 2.04. The van der Waals surface area contributed by atoms with Gasteiger partial charge in [0.2, 0.25) is 6.79 Å². The highest BCUT2D eigenvalue weighted by Gasteiger charge is 2.25. The van der Waals surface area contributed by atoms with Crippen LogP contribution in [0.25, 0.3) is 0 Å². The Morgan fingerprint density at radius 2 is 1.82 bits per heavy atom. The van der Waals surface area contributed by atoms with Crippen LogP contribution in [-0.2, 0) is 11.3 Å². The van der Waals surface area contributed by atoms with Crippen LogP contribution in [0.4, 0.5) is 5.69 Å². The molecular formula is C21H27N3O4+2. The fourth-order valence-electron chi connectivity index (χ4n) is 3.79. The third-order valence-electron chi connectivity index (χ3n) is 5.32. The molecule has 0 aliphatic carbocycles. The van der Waals surface area contributed by atoms with E-state index in [1.807, 2.05) is 30.3 Å². The summed E-state index contributed by atoms with van der Waals surface area (Å²) in [6.45, 7) is 5.82. The van der Waals surface area contributed by atoms with E-state index in [-0.39, 0.29) is 12.7 Å². The van der Waals surface area contributed by atoms with Crippen LogP contribution in [-0.4, -0.2) is 52.5 Å². The summed E-state index contributed by atoms with van der Waals surface area (Å²) in [6, 6.07) is 13.7. The van der Waals surface area contributed by atoms with Crippen molar-refractivity contribution in [3.63, 3.8) is 0 Å². The van der Waals surface area contributed by atoms with Crippen molar-refractivity contribution in [2.24, 2.45) is 0 Å². The Labute approximate surface area is 164 Å². The van der Waals surface area contributed by atoms with Crippen molar-refractivity contribution in [3.8, 4) is 17.2 Å². The number of anilines is 1. The van der Waals surface area contributed by atoms with Crippen LogP contribution in [0.1, 0.15) is 5.56 Å². The summed E-state index contributed by atoms with van der Waals surface area (Å²) in [4.78, 5) is 15.3. The van der Waals surface area contributed by atoms with Crippen LogP contribution < -0.4 is 29.3 Å². The van der Waals surface area contributed by atoms with Crippen LogP contribution >= 0.6 is 0 Å². The molecule has 148 valence electrons. The number of ether oxygens (including phenoxy) is 3. The second-order valence-electron chi connectivity index (χ2n) is 7.32. The maximum absolute atomic E-state index is 12.4. The quantitative estimate of drug-likeness (QED) is 0.618. The number of methoxy groups -OCH3 is 1. The maximum Gasteiger partial charge on any atom is 0.279 e. The Hall–Kier alpha value is -2.77. The number of nitrogens with one attached hydrogen (secondary N) is 3. The topological polar surface area (TPSA) is 65.7 Å². The molecule has 0 saturated carbocycles. The van der Waals surface area contributed by atoms with Gasteiger partial charge in [0.05, 0.1) is 7.11 Å². The standard InChI is InChI=1S/C21H25N3O4/c1-26-18-4-2-3-16(11-18)13-23-7-9-24(10-8-23)14-21(25)22-17-5-6-19-20(12-17)28-15-27-19/h2-6,11-12H,7-10,13-15H2,1H3,(H,22,25)/p+2. The fourth-order valence-corrected chi connectivity index (χ4v) is 3.79. The van der Waals surface area contributed by atoms with Crippen LogP contribution in [0.3, 0.4) is 0 Å². The van der Waals surface area contributed by atoms with Crippen LogP contribution in [0, 0.1) is 0 Å². The summed E-state index contributed by atoms with van der Waals surface area (Å²) in [5, 5.41) is 2.97. The van der Waals surface area contributed by atoms with Gasteiger partial charge in [0.1, 0.15) is 38.5 Å². The monoisotopic (exact) mass is 385 g/mol. The second-order valence-corrected chi connectivity index (χ2v) is 7.32. The van der Waals surface area contributed by atoms with Crippen LogP contribution in [0.2, 0.25) is 0 Å². The van der Waals surface area contributed by atoms with Crippen molar-refractivity contribution in [1.29, 1.82) is 0 Å². The first kappa shape index (κ1) is 18.6. The lowest BCUT2D eigenvalue weighted by Crippen LogP contribution is -3.28. The molecule has 28 heavy (non-hydrogen) atoms. The molecule has 0 spiro atoms. The SMILES string of the molecule is COc1cccc(C[NH+]2CC[NH+](CC(=O)Nc3ccc4c(c3)OCO4)CC2)c1. The van der Waals surface area contributed by atoms with Gasteiger partial charge in [-0.25, -0.2) is 0 Å². The molecule has 2 aromatic carbocycles. The van der Waals surface area contributed by atoms with Gasteiger partial charge in [-0.1, -0.05) is 12.1 Å². The predicted molar refractivity (Wildman–Crippen MR) is 104 cm³/mol. The molecule has 4 rings (SSSR count). The van der Waals surface area contributed by atoms with Gasteiger partial charge in [-0.15, -0.1) is 0 Å². The van der Waals surface area contributed by atoms with Crippen LogP contribution in [0.15, 0.2) is 42.5 Å². The van der Waals surface area contributed by atoms with Crippen molar-refractivity contribution in [2.75, 3.05) is 51.9 Å². The number of quaternary nitrogens is 2. The Morgan fingerprint density at radius 3 is 2.64 bits per heavy atom. The Balaban J connectivity index is 1.23. The van der Waals surface area contributed by atoms with Gasteiger partial charge in [-0.3, -0.25) is 4.79 Å². The number of hydrogen-bond acceptors (Lipinski definition) is 4. The lowest BCUT2D eigenvalue weighted by molar-refractivity contribution is -1.02. The highest BCUT2D eigenvalue weighted by atomic mass is 16.7. The fraction of sp³-hybridized carbons (Fsp3) is 0.381.